The summed E-state index contributed by atoms with van der Waals surface area (Å²) in [4.78, 5) is 51.0. The molecule has 0 aromatic heterocycles. The first-order valence-electron chi connectivity index (χ1n) is 10.6. The molecule has 1 aliphatic rings. The SMILES string of the molecule is CCc1ccc(C(=O)COC(=O)c2ccc3c(c2)C(=O)N(c2cccc(C(F)(F)F)c2)C3=O)cc1. The monoisotopic (exact) mass is 481 g/mol. The number of benzene rings is 3. The highest BCUT2D eigenvalue weighted by Gasteiger charge is 2.39. The van der Waals surface area contributed by atoms with E-state index < -0.39 is 41.9 Å². The lowest BCUT2D eigenvalue weighted by atomic mass is 10.1. The highest BCUT2D eigenvalue weighted by molar-refractivity contribution is 6.34. The molecule has 9 heteroatoms. The number of ketones is 1. The predicted molar refractivity (Wildman–Crippen MR) is 119 cm³/mol. The van der Waals surface area contributed by atoms with Crippen LogP contribution in [0.1, 0.15) is 59.5 Å². The number of alkyl halides is 3. The van der Waals surface area contributed by atoms with Gasteiger partial charge in [0.15, 0.2) is 12.4 Å². The van der Waals surface area contributed by atoms with E-state index in [-0.39, 0.29) is 22.4 Å². The zero-order valence-corrected chi connectivity index (χ0v) is 18.4. The standard InChI is InChI=1S/C26H18F3NO5/c1-2-15-6-8-16(9-7-15)22(31)14-35-25(34)17-10-11-20-21(12-17)24(33)30(23(20)32)19-5-3-4-18(13-19)26(27,28)29/h3-13H,2,14H2,1H3. The Morgan fingerprint density at radius 2 is 1.51 bits per heavy atom. The number of anilines is 1. The molecule has 0 saturated heterocycles. The van der Waals surface area contributed by atoms with Gasteiger partial charge in [0.1, 0.15) is 0 Å². The van der Waals surface area contributed by atoms with Crippen LogP contribution in [0.15, 0.2) is 66.7 Å². The third-order valence-corrected chi connectivity index (χ3v) is 5.57. The first-order chi connectivity index (χ1) is 16.6. The normalized spacial score (nSPS) is 13.1. The number of halogens is 3. The van der Waals surface area contributed by atoms with Gasteiger partial charge in [-0.15, -0.1) is 0 Å². The van der Waals surface area contributed by atoms with Crippen molar-refractivity contribution in [2.45, 2.75) is 19.5 Å². The fraction of sp³-hybridized carbons (Fsp3) is 0.154. The number of fused-ring (bicyclic) bond motifs is 1. The molecular weight excluding hydrogens is 463 g/mol. The van der Waals surface area contributed by atoms with Gasteiger partial charge in [-0.25, -0.2) is 9.69 Å². The summed E-state index contributed by atoms with van der Waals surface area (Å²) in [6, 6.07) is 14.3. The minimum absolute atomic E-state index is 0.0592. The maximum absolute atomic E-state index is 13.1. The Labute approximate surface area is 197 Å². The van der Waals surface area contributed by atoms with Crippen LogP contribution in [0.5, 0.6) is 0 Å². The summed E-state index contributed by atoms with van der Waals surface area (Å²) in [5.41, 5.74) is -0.111. The van der Waals surface area contributed by atoms with Gasteiger partial charge in [0.2, 0.25) is 0 Å². The van der Waals surface area contributed by atoms with E-state index in [1.165, 1.54) is 18.2 Å². The van der Waals surface area contributed by atoms with E-state index in [0.29, 0.717) is 16.5 Å². The van der Waals surface area contributed by atoms with E-state index in [9.17, 15) is 32.3 Å². The summed E-state index contributed by atoms with van der Waals surface area (Å²) in [7, 11) is 0. The number of hydrogen-bond acceptors (Lipinski definition) is 5. The van der Waals surface area contributed by atoms with Gasteiger partial charge in [0.25, 0.3) is 11.8 Å². The highest BCUT2D eigenvalue weighted by Crippen LogP contribution is 2.34. The van der Waals surface area contributed by atoms with Crippen LogP contribution in [0.25, 0.3) is 0 Å². The molecule has 0 radical (unpaired) electrons. The summed E-state index contributed by atoms with van der Waals surface area (Å²) in [5, 5.41) is 0. The zero-order chi connectivity index (χ0) is 25.3. The van der Waals surface area contributed by atoms with Crippen molar-refractivity contribution in [1.29, 1.82) is 0 Å². The van der Waals surface area contributed by atoms with Crippen LogP contribution in [-0.2, 0) is 17.3 Å². The molecule has 0 unspecified atom stereocenters. The van der Waals surface area contributed by atoms with Crippen LogP contribution in [0, 0.1) is 0 Å². The number of imide groups is 1. The molecule has 4 rings (SSSR count). The minimum Gasteiger partial charge on any atom is -0.454 e. The molecule has 178 valence electrons. The maximum atomic E-state index is 13.1. The van der Waals surface area contributed by atoms with Gasteiger partial charge in [-0.05, 0) is 48.4 Å². The zero-order valence-electron chi connectivity index (χ0n) is 18.4. The Kier molecular flexibility index (Phi) is 6.26. The Balaban J connectivity index is 1.50. The number of hydrogen-bond donors (Lipinski definition) is 0. The largest absolute Gasteiger partial charge is 0.454 e. The van der Waals surface area contributed by atoms with Crippen molar-refractivity contribution in [2.75, 3.05) is 11.5 Å². The number of ether oxygens (including phenoxy) is 1. The van der Waals surface area contributed by atoms with Gasteiger partial charge < -0.3 is 4.74 Å². The summed E-state index contributed by atoms with van der Waals surface area (Å²) in [6.07, 6.45) is -3.84. The first-order valence-corrected chi connectivity index (χ1v) is 10.6. The number of nitrogens with zero attached hydrogens (tertiary/aromatic N) is 1. The number of esters is 1. The van der Waals surface area contributed by atoms with E-state index in [4.69, 9.17) is 4.74 Å². The van der Waals surface area contributed by atoms with Crippen LogP contribution in [0.3, 0.4) is 0 Å². The average molecular weight is 481 g/mol. The second-order valence-corrected chi connectivity index (χ2v) is 7.80. The van der Waals surface area contributed by atoms with Crippen LogP contribution in [0.2, 0.25) is 0 Å². The second kappa shape index (κ2) is 9.17. The van der Waals surface area contributed by atoms with Crippen LogP contribution >= 0.6 is 0 Å². The van der Waals surface area contributed by atoms with E-state index >= 15 is 0 Å². The number of aryl methyl sites for hydroxylation is 1. The Hall–Kier alpha value is -4.27. The lowest BCUT2D eigenvalue weighted by Crippen LogP contribution is -2.29. The van der Waals surface area contributed by atoms with Crippen LogP contribution in [0.4, 0.5) is 18.9 Å². The van der Waals surface area contributed by atoms with Crippen molar-refractivity contribution in [3.8, 4) is 0 Å². The summed E-state index contributed by atoms with van der Waals surface area (Å²) < 4.78 is 44.2. The first kappa shape index (κ1) is 23.9. The minimum atomic E-state index is -4.65. The van der Waals surface area contributed by atoms with E-state index in [1.807, 2.05) is 6.92 Å². The van der Waals surface area contributed by atoms with Crippen molar-refractivity contribution in [3.05, 3.63) is 100 Å². The van der Waals surface area contributed by atoms with Gasteiger partial charge >= 0.3 is 12.1 Å². The van der Waals surface area contributed by atoms with Crippen LogP contribution in [-0.4, -0.2) is 30.2 Å². The molecular formula is C26H18F3NO5. The quantitative estimate of drug-likeness (QED) is 0.278. The average Bonchev–Trinajstić information content (AvgIpc) is 3.11. The van der Waals surface area contributed by atoms with Gasteiger partial charge in [-0.2, -0.15) is 13.2 Å². The number of Topliss-reactive ketones (excluding diaryl/α,β-unsaturated/α-hetero) is 1. The molecule has 0 spiro atoms. The number of carbonyl (C=O) groups is 4. The topological polar surface area (TPSA) is 80.8 Å². The van der Waals surface area contributed by atoms with Gasteiger partial charge in [0.05, 0.1) is 27.9 Å². The van der Waals surface area contributed by atoms with Gasteiger partial charge in [0, 0.05) is 5.56 Å². The molecule has 1 heterocycles. The molecule has 35 heavy (non-hydrogen) atoms. The fourth-order valence-electron chi connectivity index (χ4n) is 3.65. The third kappa shape index (κ3) is 4.70. The molecule has 0 bridgehead atoms. The molecule has 6 nitrogen and oxygen atoms in total. The molecule has 0 aliphatic carbocycles. The van der Waals surface area contributed by atoms with Crippen molar-refractivity contribution in [1.82, 2.24) is 0 Å². The van der Waals surface area contributed by atoms with Gasteiger partial charge in [-0.1, -0.05) is 37.3 Å². The number of carbonyl (C=O) groups excluding carboxylic acids is 4. The van der Waals surface area contributed by atoms with E-state index in [0.717, 1.165) is 30.2 Å². The molecule has 2 amide bonds. The smallest absolute Gasteiger partial charge is 0.416 e. The summed E-state index contributed by atoms with van der Waals surface area (Å²) in [5.74, 6) is -2.98. The molecule has 3 aromatic rings. The second-order valence-electron chi connectivity index (χ2n) is 7.80. The summed E-state index contributed by atoms with van der Waals surface area (Å²) in [6.45, 7) is 1.46. The lowest BCUT2D eigenvalue weighted by molar-refractivity contribution is -0.137. The van der Waals surface area contributed by atoms with E-state index in [1.54, 1.807) is 24.3 Å². The summed E-state index contributed by atoms with van der Waals surface area (Å²) >= 11 is 0. The highest BCUT2D eigenvalue weighted by atomic mass is 19.4. The Morgan fingerprint density at radius 1 is 0.857 bits per heavy atom. The molecule has 0 atom stereocenters. The fourth-order valence-corrected chi connectivity index (χ4v) is 3.65. The number of rotatable bonds is 6. The van der Waals surface area contributed by atoms with Gasteiger partial charge in [-0.3, -0.25) is 14.4 Å². The maximum Gasteiger partial charge on any atom is 0.416 e. The molecule has 3 aromatic carbocycles. The Morgan fingerprint density at radius 3 is 2.17 bits per heavy atom. The third-order valence-electron chi connectivity index (χ3n) is 5.57. The van der Waals surface area contributed by atoms with Crippen molar-refractivity contribution >= 4 is 29.3 Å². The Bertz CT molecular complexity index is 1350. The van der Waals surface area contributed by atoms with Crippen molar-refractivity contribution in [2.24, 2.45) is 0 Å². The molecule has 1 aliphatic heterocycles. The predicted octanol–water partition coefficient (Wildman–Crippen LogP) is 5.11. The van der Waals surface area contributed by atoms with Crippen molar-refractivity contribution in [3.63, 3.8) is 0 Å². The van der Waals surface area contributed by atoms with E-state index in [2.05, 4.69) is 0 Å². The lowest BCUT2D eigenvalue weighted by Gasteiger charge is -2.16. The number of amides is 2. The van der Waals surface area contributed by atoms with Crippen molar-refractivity contribution < 1.29 is 37.1 Å². The molecule has 0 N–H and O–H groups in total. The van der Waals surface area contributed by atoms with Crippen LogP contribution < -0.4 is 4.90 Å². The molecule has 0 fully saturated rings. The molecule has 0 saturated carbocycles.